The molecule has 0 radical (unpaired) electrons. The highest BCUT2D eigenvalue weighted by atomic mass is 79.9. The topological polar surface area (TPSA) is 20.3 Å². The summed E-state index contributed by atoms with van der Waals surface area (Å²) in [5.74, 6) is 0.716. The lowest BCUT2D eigenvalue weighted by molar-refractivity contribution is -0.127. The van der Waals surface area contributed by atoms with Crippen LogP contribution in [-0.4, -0.2) is 30.2 Å². The van der Waals surface area contributed by atoms with Gasteiger partial charge in [0.2, 0.25) is 5.91 Å². The molecule has 0 aliphatic carbocycles. The number of carbonyl (C=O) groups excluding carboxylic acids is 1. The van der Waals surface area contributed by atoms with Gasteiger partial charge in [0.25, 0.3) is 0 Å². The van der Waals surface area contributed by atoms with Crippen molar-refractivity contribution in [3.05, 3.63) is 28.7 Å². The molecule has 1 aromatic carbocycles. The summed E-state index contributed by atoms with van der Waals surface area (Å²) in [5, 5.41) is 0. The van der Waals surface area contributed by atoms with Crippen LogP contribution < -0.4 is 0 Å². The predicted octanol–water partition coefficient (Wildman–Crippen LogP) is 3.80. The van der Waals surface area contributed by atoms with Crippen molar-refractivity contribution in [3.63, 3.8) is 0 Å². The monoisotopic (exact) mass is 315 g/mol. The van der Waals surface area contributed by atoms with Crippen LogP contribution in [0.2, 0.25) is 0 Å². The summed E-state index contributed by atoms with van der Waals surface area (Å²) >= 11 is 4.98. The van der Waals surface area contributed by atoms with E-state index in [4.69, 9.17) is 0 Å². The Morgan fingerprint density at radius 1 is 1.35 bits per heavy atom. The lowest BCUT2D eigenvalue weighted by Crippen LogP contribution is -2.29. The number of rotatable bonds is 6. The number of unbranched alkanes of at least 4 members (excludes halogenated alkanes) is 1. The smallest absolute Gasteiger partial charge is 0.232 e. The van der Waals surface area contributed by atoms with Crippen LogP contribution in [0.25, 0.3) is 0 Å². The maximum absolute atomic E-state index is 11.8. The van der Waals surface area contributed by atoms with Gasteiger partial charge in [-0.3, -0.25) is 4.79 Å². The Bertz CT molecular complexity index is 353. The second-order valence-corrected chi connectivity index (χ2v) is 5.88. The highest BCUT2D eigenvalue weighted by molar-refractivity contribution is 9.10. The molecule has 0 aliphatic heterocycles. The lowest BCUT2D eigenvalue weighted by atomic mass is 10.3. The van der Waals surface area contributed by atoms with E-state index in [1.807, 2.05) is 36.2 Å². The van der Waals surface area contributed by atoms with E-state index in [0.717, 1.165) is 28.8 Å². The minimum absolute atomic E-state index is 0.200. The van der Waals surface area contributed by atoms with Gasteiger partial charge in [-0.1, -0.05) is 29.3 Å². The quantitative estimate of drug-likeness (QED) is 0.744. The first-order valence-corrected chi connectivity index (χ1v) is 7.53. The van der Waals surface area contributed by atoms with Crippen molar-refractivity contribution in [2.24, 2.45) is 0 Å². The van der Waals surface area contributed by atoms with Crippen LogP contribution in [-0.2, 0) is 4.79 Å². The van der Waals surface area contributed by atoms with Gasteiger partial charge in [0.15, 0.2) is 0 Å². The first kappa shape index (κ1) is 14.6. The van der Waals surface area contributed by atoms with Crippen molar-refractivity contribution in [2.75, 3.05) is 19.3 Å². The van der Waals surface area contributed by atoms with Crippen LogP contribution >= 0.6 is 27.7 Å². The molecule has 0 fully saturated rings. The van der Waals surface area contributed by atoms with Gasteiger partial charge in [-0.05, 0) is 30.7 Å². The van der Waals surface area contributed by atoms with Crippen molar-refractivity contribution in [1.82, 2.24) is 4.90 Å². The van der Waals surface area contributed by atoms with E-state index in [9.17, 15) is 4.79 Å². The van der Waals surface area contributed by atoms with Gasteiger partial charge in [0.05, 0.1) is 5.75 Å². The molecule has 4 heteroatoms. The number of nitrogens with zero attached hydrogens (tertiary/aromatic N) is 1. The molecule has 0 bridgehead atoms. The molecule has 0 heterocycles. The molecule has 0 atom stereocenters. The molecule has 0 spiro atoms. The predicted molar refractivity (Wildman–Crippen MR) is 77.4 cm³/mol. The molecule has 0 unspecified atom stereocenters. The molecule has 0 saturated heterocycles. The van der Waals surface area contributed by atoms with Crippen LogP contribution in [0.4, 0.5) is 0 Å². The maximum atomic E-state index is 11.8. The van der Waals surface area contributed by atoms with Crippen molar-refractivity contribution < 1.29 is 4.79 Å². The number of hydrogen-bond donors (Lipinski definition) is 0. The van der Waals surface area contributed by atoms with Gasteiger partial charge in [-0.25, -0.2) is 0 Å². The Balaban J connectivity index is 2.34. The van der Waals surface area contributed by atoms with Crippen LogP contribution in [0.3, 0.4) is 0 Å². The molecule has 1 aromatic rings. The number of benzene rings is 1. The Labute approximate surface area is 116 Å². The Morgan fingerprint density at radius 3 is 2.59 bits per heavy atom. The van der Waals surface area contributed by atoms with E-state index in [1.54, 1.807) is 11.8 Å². The van der Waals surface area contributed by atoms with Crippen molar-refractivity contribution in [3.8, 4) is 0 Å². The number of hydrogen-bond acceptors (Lipinski definition) is 2. The minimum Gasteiger partial charge on any atom is -0.345 e. The van der Waals surface area contributed by atoms with Crippen LogP contribution in [0.1, 0.15) is 19.8 Å². The van der Waals surface area contributed by atoms with Gasteiger partial charge in [-0.2, -0.15) is 0 Å². The maximum Gasteiger partial charge on any atom is 0.232 e. The van der Waals surface area contributed by atoms with E-state index in [2.05, 4.69) is 22.9 Å². The zero-order valence-electron chi connectivity index (χ0n) is 10.3. The third-order valence-electron chi connectivity index (χ3n) is 2.45. The second kappa shape index (κ2) is 7.77. The van der Waals surface area contributed by atoms with Gasteiger partial charge < -0.3 is 4.90 Å². The standard InChI is InChI=1S/C13H18BrNOS/c1-3-4-9-15(2)13(16)10-17-12-7-5-11(14)6-8-12/h5-8H,3-4,9-10H2,1-2H3. The summed E-state index contributed by atoms with van der Waals surface area (Å²) in [6.07, 6.45) is 2.20. The van der Waals surface area contributed by atoms with Crippen LogP contribution in [0.5, 0.6) is 0 Å². The third-order valence-corrected chi connectivity index (χ3v) is 3.97. The summed E-state index contributed by atoms with van der Waals surface area (Å²) < 4.78 is 1.06. The zero-order chi connectivity index (χ0) is 12.7. The number of thioether (sulfide) groups is 1. The summed E-state index contributed by atoms with van der Waals surface area (Å²) in [4.78, 5) is 14.7. The largest absolute Gasteiger partial charge is 0.345 e. The fourth-order valence-electron chi connectivity index (χ4n) is 1.31. The highest BCUT2D eigenvalue weighted by Gasteiger charge is 2.08. The molecule has 17 heavy (non-hydrogen) atoms. The molecule has 0 N–H and O–H groups in total. The molecule has 0 aromatic heterocycles. The first-order chi connectivity index (χ1) is 8.13. The van der Waals surface area contributed by atoms with E-state index in [1.165, 1.54) is 0 Å². The molecule has 0 aliphatic rings. The zero-order valence-corrected chi connectivity index (χ0v) is 12.7. The van der Waals surface area contributed by atoms with E-state index in [-0.39, 0.29) is 5.91 Å². The fourth-order valence-corrected chi connectivity index (χ4v) is 2.41. The average Bonchev–Trinajstić information content (AvgIpc) is 2.34. The van der Waals surface area contributed by atoms with Crippen LogP contribution in [0, 0.1) is 0 Å². The number of carbonyl (C=O) groups is 1. The third kappa shape index (κ3) is 5.59. The molecule has 0 saturated carbocycles. The van der Waals surface area contributed by atoms with Crippen LogP contribution in [0.15, 0.2) is 33.6 Å². The minimum atomic E-state index is 0.200. The fraction of sp³-hybridized carbons (Fsp3) is 0.462. The van der Waals surface area contributed by atoms with E-state index >= 15 is 0 Å². The number of amides is 1. The van der Waals surface area contributed by atoms with Gasteiger partial charge in [0, 0.05) is 23.0 Å². The van der Waals surface area contributed by atoms with Crippen molar-refractivity contribution in [1.29, 1.82) is 0 Å². The summed E-state index contributed by atoms with van der Waals surface area (Å²) in [7, 11) is 1.88. The summed E-state index contributed by atoms with van der Waals surface area (Å²) in [6, 6.07) is 8.03. The molecule has 2 nitrogen and oxygen atoms in total. The lowest BCUT2D eigenvalue weighted by Gasteiger charge is -2.16. The first-order valence-electron chi connectivity index (χ1n) is 5.75. The SMILES string of the molecule is CCCCN(C)C(=O)CSc1ccc(Br)cc1. The highest BCUT2D eigenvalue weighted by Crippen LogP contribution is 2.20. The van der Waals surface area contributed by atoms with E-state index < -0.39 is 0 Å². The molecule has 1 amide bonds. The molecular formula is C13H18BrNOS. The molecular weight excluding hydrogens is 298 g/mol. The average molecular weight is 316 g/mol. The van der Waals surface area contributed by atoms with Crippen molar-refractivity contribution >= 4 is 33.6 Å². The summed E-state index contributed by atoms with van der Waals surface area (Å²) in [6.45, 7) is 2.99. The molecule has 94 valence electrons. The van der Waals surface area contributed by atoms with Gasteiger partial charge >= 0.3 is 0 Å². The Hall–Kier alpha value is -0.480. The van der Waals surface area contributed by atoms with Gasteiger partial charge in [-0.15, -0.1) is 11.8 Å². The second-order valence-electron chi connectivity index (χ2n) is 3.91. The molecule has 1 rings (SSSR count). The van der Waals surface area contributed by atoms with Crippen molar-refractivity contribution in [2.45, 2.75) is 24.7 Å². The number of halogens is 1. The normalized spacial score (nSPS) is 10.3. The van der Waals surface area contributed by atoms with E-state index in [0.29, 0.717) is 5.75 Å². The summed E-state index contributed by atoms with van der Waals surface area (Å²) in [5.41, 5.74) is 0. The Morgan fingerprint density at radius 2 is 2.00 bits per heavy atom. The van der Waals surface area contributed by atoms with Gasteiger partial charge in [0.1, 0.15) is 0 Å². The Kier molecular flexibility index (Phi) is 6.66.